The van der Waals surface area contributed by atoms with Crippen LogP contribution in [0.15, 0.2) is 21.3 Å². The van der Waals surface area contributed by atoms with Crippen LogP contribution in [-0.4, -0.2) is 42.0 Å². The number of carboxylic acids is 1. The third-order valence-electron chi connectivity index (χ3n) is 1.77. The van der Waals surface area contributed by atoms with Gasteiger partial charge in [0.2, 0.25) is 5.84 Å². The molecule has 0 atom stereocenters. The second-order valence-electron chi connectivity index (χ2n) is 2.71. The summed E-state index contributed by atoms with van der Waals surface area (Å²) < 4.78 is 0. The monoisotopic (exact) mass is 224 g/mol. The molecule has 0 fully saturated rings. The number of carboxylic acid groups (broad SMARTS) is 1. The zero-order chi connectivity index (χ0) is 12.3. The minimum atomic E-state index is -1.36. The Hall–Kier alpha value is -2.51. The molecule has 0 radical (unpaired) electrons. The number of hydrogen-bond acceptors (Lipinski definition) is 5. The van der Waals surface area contributed by atoms with Gasteiger partial charge in [-0.1, -0.05) is 0 Å². The average Bonchev–Trinajstić information content (AvgIpc) is 2.48. The van der Waals surface area contributed by atoms with Gasteiger partial charge in [0.25, 0.3) is 5.91 Å². The maximum absolute atomic E-state index is 11.2. The summed E-state index contributed by atoms with van der Waals surface area (Å²) in [6, 6.07) is 0. The van der Waals surface area contributed by atoms with Crippen molar-refractivity contribution in [3.05, 3.63) is 11.3 Å². The van der Waals surface area contributed by atoms with E-state index in [-0.39, 0.29) is 17.1 Å². The summed E-state index contributed by atoms with van der Waals surface area (Å²) in [6.07, 6.45) is 0.321. The Morgan fingerprint density at radius 2 is 2.25 bits per heavy atom. The summed E-state index contributed by atoms with van der Waals surface area (Å²) >= 11 is 0. The Morgan fingerprint density at radius 3 is 2.69 bits per heavy atom. The standard InChI is InChI=1S/C8H8N4O4/c1-10-6(8(15)16)11-4-3(2-13)5(9)12-7(4)14/h2H,1H3,(H,15,16)(H3,9,10,11,12,14). The number of nitrogens with one attached hydrogen (secondary N) is 1. The Balaban J connectivity index is 3.06. The lowest BCUT2D eigenvalue weighted by Crippen LogP contribution is -2.33. The molecule has 8 heteroatoms. The number of carbonyl (C=O) groups is 3. The SMILES string of the molecule is CN=C(NC1=C(C=O)C(N)=NC1=O)C(=O)O. The van der Waals surface area contributed by atoms with Crippen molar-refractivity contribution in [2.24, 2.45) is 15.7 Å². The van der Waals surface area contributed by atoms with Crippen molar-refractivity contribution in [3.63, 3.8) is 0 Å². The molecule has 0 saturated carbocycles. The molecule has 1 heterocycles. The normalized spacial score (nSPS) is 16.2. The summed E-state index contributed by atoms with van der Waals surface area (Å²) in [4.78, 5) is 39.2. The second-order valence-corrected chi connectivity index (χ2v) is 2.71. The molecule has 0 unspecified atom stereocenters. The zero-order valence-corrected chi connectivity index (χ0v) is 8.22. The molecule has 1 amide bonds. The number of amidine groups is 2. The van der Waals surface area contributed by atoms with E-state index < -0.39 is 17.7 Å². The predicted molar refractivity (Wildman–Crippen MR) is 53.8 cm³/mol. The lowest BCUT2D eigenvalue weighted by molar-refractivity contribution is -0.129. The molecule has 1 aliphatic heterocycles. The highest BCUT2D eigenvalue weighted by Gasteiger charge is 2.26. The summed E-state index contributed by atoms with van der Waals surface area (Å²) in [5, 5.41) is 10.9. The fourth-order valence-electron chi connectivity index (χ4n) is 1.03. The van der Waals surface area contributed by atoms with Gasteiger partial charge in [0.05, 0.1) is 5.57 Å². The second kappa shape index (κ2) is 4.34. The van der Waals surface area contributed by atoms with E-state index in [9.17, 15) is 14.4 Å². The van der Waals surface area contributed by atoms with E-state index in [1.165, 1.54) is 7.05 Å². The molecule has 0 aromatic rings. The first-order valence-corrected chi connectivity index (χ1v) is 4.06. The maximum atomic E-state index is 11.2. The van der Waals surface area contributed by atoms with Crippen molar-refractivity contribution in [1.82, 2.24) is 5.32 Å². The minimum absolute atomic E-state index is 0.174. The number of aliphatic carboxylic acids is 1. The molecule has 0 aromatic heterocycles. The van der Waals surface area contributed by atoms with E-state index in [2.05, 4.69) is 15.3 Å². The van der Waals surface area contributed by atoms with E-state index in [0.29, 0.717) is 6.29 Å². The highest BCUT2D eigenvalue weighted by Crippen LogP contribution is 2.09. The van der Waals surface area contributed by atoms with Crippen LogP contribution in [-0.2, 0) is 14.4 Å². The number of aliphatic imine (C=N–C) groups is 2. The molecule has 1 aliphatic rings. The minimum Gasteiger partial charge on any atom is -0.475 e. The quantitative estimate of drug-likeness (QED) is 0.283. The summed E-state index contributed by atoms with van der Waals surface area (Å²) in [5.41, 5.74) is 4.82. The van der Waals surface area contributed by atoms with Gasteiger partial charge in [-0.05, 0) is 0 Å². The third-order valence-corrected chi connectivity index (χ3v) is 1.77. The Bertz CT molecular complexity index is 461. The Morgan fingerprint density at radius 1 is 1.62 bits per heavy atom. The lowest BCUT2D eigenvalue weighted by Gasteiger charge is -2.04. The predicted octanol–water partition coefficient (Wildman–Crippen LogP) is -1.96. The van der Waals surface area contributed by atoms with Crippen LogP contribution in [0, 0.1) is 0 Å². The third kappa shape index (κ3) is 1.95. The van der Waals surface area contributed by atoms with E-state index in [1.54, 1.807) is 0 Å². The van der Waals surface area contributed by atoms with Gasteiger partial charge in [0, 0.05) is 7.05 Å². The molecular weight excluding hydrogens is 216 g/mol. The van der Waals surface area contributed by atoms with Gasteiger partial charge in [-0.15, -0.1) is 0 Å². The van der Waals surface area contributed by atoms with Gasteiger partial charge < -0.3 is 16.2 Å². The van der Waals surface area contributed by atoms with Crippen LogP contribution in [0.25, 0.3) is 0 Å². The lowest BCUT2D eigenvalue weighted by atomic mass is 10.2. The van der Waals surface area contributed by atoms with Crippen molar-refractivity contribution >= 4 is 29.8 Å². The van der Waals surface area contributed by atoms with E-state index in [0.717, 1.165) is 0 Å². The molecule has 1 rings (SSSR count). The molecule has 84 valence electrons. The van der Waals surface area contributed by atoms with Crippen molar-refractivity contribution in [2.75, 3.05) is 7.05 Å². The molecule has 0 aromatic carbocycles. The van der Waals surface area contributed by atoms with Crippen molar-refractivity contribution in [1.29, 1.82) is 0 Å². The maximum Gasteiger partial charge on any atom is 0.371 e. The van der Waals surface area contributed by atoms with Gasteiger partial charge in [-0.3, -0.25) is 14.6 Å². The van der Waals surface area contributed by atoms with Crippen LogP contribution in [0.2, 0.25) is 0 Å². The largest absolute Gasteiger partial charge is 0.475 e. The van der Waals surface area contributed by atoms with Crippen molar-refractivity contribution in [3.8, 4) is 0 Å². The number of nitrogens with zero attached hydrogens (tertiary/aromatic N) is 2. The zero-order valence-electron chi connectivity index (χ0n) is 8.22. The van der Waals surface area contributed by atoms with Crippen molar-refractivity contribution in [2.45, 2.75) is 0 Å². The first kappa shape index (κ1) is 11.6. The summed E-state index contributed by atoms with van der Waals surface area (Å²) in [7, 11) is 1.22. The molecule has 0 bridgehead atoms. The number of nitrogens with two attached hydrogens (primary N) is 1. The Labute approximate surface area is 89.6 Å². The van der Waals surface area contributed by atoms with Gasteiger partial charge in [-0.25, -0.2) is 4.79 Å². The average molecular weight is 224 g/mol. The number of hydrogen-bond donors (Lipinski definition) is 3. The number of aldehydes is 1. The highest BCUT2D eigenvalue weighted by atomic mass is 16.4. The molecule has 8 nitrogen and oxygen atoms in total. The van der Waals surface area contributed by atoms with Gasteiger partial charge in [0.15, 0.2) is 6.29 Å². The summed E-state index contributed by atoms with van der Waals surface area (Å²) in [5.74, 6) is -2.89. The molecular formula is C8H8N4O4. The topological polar surface area (TPSA) is 134 Å². The van der Waals surface area contributed by atoms with Crippen LogP contribution < -0.4 is 11.1 Å². The van der Waals surface area contributed by atoms with Crippen LogP contribution in [0.1, 0.15) is 0 Å². The smallest absolute Gasteiger partial charge is 0.371 e. The van der Waals surface area contributed by atoms with Gasteiger partial charge >= 0.3 is 5.97 Å². The number of amides is 1. The van der Waals surface area contributed by atoms with Gasteiger partial charge in [-0.2, -0.15) is 4.99 Å². The van der Waals surface area contributed by atoms with Crippen LogP contribution >= 0.6 is 0 Å². The molecule has 0 saturated heterocycles. The first-order valence-electron chi connectivity index (χ1n) is 4.06. The number of rotatable bonds is 2. The van der Waals surface area contributed by atoms with Crippen molar-refractivity contribution < 1.29 is 19.5 Å². The Kier molecular flexibility index (Phi) is 3.14. The van der Waals surface area contributed by atoms with Gasteiger partial charge in [0.1, 0.15) is 11.5 Å². The van der Waals surface area contributed by atoms with Crippen LogP contribution in [0.3, 0.4) is 0 Å². The molecule has 0 spiro atoms. The van der Waals surface area contributed by atoms with Crippen LogP contribution in [0.4, 0.5) is 0 Å². The first-order chi connectivity index (χ1) is 7.51. The number of carbonyl (C=O) groups excluding carboxylic acids is 2. The molecule has 4 N–H and O–H groups in total. The van der Waals surface area contributed by atoms with E-state index in [1.807, 2.05) is 0 Å². The fourth-order valence-corrected chi connectivity index (χ4v) is 1.03. The molecule has 0 aliphatic carbocycles. The van der Waals surface area contributed by atoms with E-state index in [4.69, 9.17) is 10.8 Å². The van der Waals surface area contributed by atoms with Crippen LogP contribution in [0.5, 0.6) is 0 Å². The van der Waals surface area contributed by atoms with E-state index >= 15 is 0 Å². The fraction of sp³-hybridized carbons (Fsp3) is 0.125. The summed E-state index contributed by atoms with van der Waals surface area (Å²) in [6.45, 7) is 0. The molecule has 16 heavy (non-hydrogen) atoms. The highest BCUT2D eigenvalue weighted by molar-refractivity contribution is 6.37.